The summed E-state index contributed by atoms with van der Waals surface area (Å²) in [5.74, 6) is -0.227. The van der Waals surface area contributed by atoms with Gasteiger partial charge in [-0.25, -0.2) is 0 Å². The van der Waals surface area contributed by atoms with Crippen molar-refractivity contribution in [1.29, 1.82) is 0 Å². The van der Waals surface area contributed by atoms with Crippen molar-refractivity contribution in [3.63, 3.8) is 0 Å². The normalized spacial score (nSPS) is 12.2. The number of hydrogen-bond acceptors (Lipinski definition) is 2. The Bertz CT molecular complexity index is 376. The highest BCUT2D eigenvalue weighted by molar-refractivity contribution is 6.35. The topological polar surface area (TPSA) is 49.3 Å². The van der Waals surface area contributed by atoms with Crippen LogP contribution in [0.25, 0.3) is 0 Å². The van der Waals surface area contributed by atoms with Crippen molar-refractivity contribution in [2.75, 3.05) is 6.61 Å². The van der Waals surface area contributed by atoms with Crippen molar-refractivity contribution >= 4 is 29.1 Å². The van der Waals surface area contributed by atoms with Crippen molar-refractivity contribution in [1.82, 2.24) is 5.32 Å². The summed E-state index contributed by atoms with van der Waals surface area (Å²) in [6, 6.07) is 4.67. The van der Waals surface area contributed by atoms with Crippen LogP contribution < -0.4 is 5.32 Å². The van der Waals surface area contributed by atoms with Gasteiger partial charge in [0.15, 0.2) is 0 Å². The van der Waals surface area contributed by atoms with Gasteiger partial charge in [0.05, 0.1) is 0 Å². The number of amides is 1. The van der Waals surface area contributed by atoms with Crippen LogP contribution in [0.2, 0.25) is 10.0 Å². The number of aliphatic hydroxyl groups excluding tert-OH is 1. The molecule has 0 aromatic heterocycles. The quantitative estimate of drug-likeness (QED) is 0.868. The van der Waals surface area contributed by atoms with Crippen LogP contribution in [-0.2, 0) is 0 Å². The number of benzene rings is 1. The van der Waals surface area contributed by atoms with Crippen LogP contribution in [0.5, 0.6) is 0 Å². The number of nitrogens with one attached hydrogen (secondary N) is 1. The van der Waals surface area contributed by atoms with E-state index >= 15 is 0 Å². The van der Waals surface area contributed by atoms with E-state index in [1.54, 1.807) is 18.2 Å². The highest BCUT2D eigenvalue weighted by Crippen LogP contribution is 2.19. The molecule has 94 valence electrons. The average molecular weight is 276 g/mol. The third-order valence-corrected chi connectivity index (χ3v) is 2.87. The fraction of sp³-hybridized carbons (Fsp3) is 0.417. The number of carbonyl (C=O) groups excluding carboxylic acids is 1. The molecule has 0 bridgehead atoms. The van der Waals surface area contributed by atoms with Crippen LogP contribution in [0, 0.1) is 0 Å². The Morgan fingerprint density at radius 2 is 1.94 bits per heavy atom. The maximum Gasteiger partial charge on any atom is 0.251 e. The Kier molecular flexibility index (Phi) is 5.75. The molecule has 1 aromatic carbocycles. The fourth-order valence-electron chi connectivity index (χ4n) is 1.49. The second-order valence-electron chi connectivity index (χ2n) is 3.75. The largest absolute Gasteiger partial charge is 0.396 e. The van der Waals surface area contributed by atoms with Gasteiger partial charge in [0.25, 0.3) is 5.91 Å². The molecule has 2 N–H and O–H groups in total. The van der Waals surface area contributed by atoms with Gasteiger partial charge < -0.3 is 10.4 Å². The first-order valence-corrected chi connectivity index (χ1v) is 6.20. The van der Waals surface area contributed by atoms with Crippen LogP contribution in [0.15, 0.2) is 18.2 Å². The Morgan fingerprint density at radius 1 is 1.35 bits per heavy atom. The van der Waals surface area contributed by atoms with Crippen LogP contribution >= 0.6 is 23.2 Å². The van der Waals surface area contributed by atoms with E-state index in [9.17, 15) is 4.79 Å². The zero-order valence-electron chi connectivity index (χ0n) is 9.54. The average Bonchev–Trinajstić information content (AvgIpc) is 2.27. The number of aliphatic hydroxyl groups is 1. The predicted octanol–water partition coefficient (Wildman–Crippen LogP) is 2.88. The summed E-state index contributed by atoms with van der Waals surface area (Å²) in [5, 5.41) is 12.5. The van der Waals surface area contributed by atoms with Gasteiger partial charge in [-0.1, -0.05) is 30.1 Å². The lowest BCUT2D eigenvalue weighted by molar-refractivity contribution is 0.0929. The first-order valence-electron chi connectivity index (χ1n) is 5.44. The lowest BCUT2D eigenvalue weighted by Crippen LogP contribution is -2.35. The first kappa shape index (κ1) is 14.3. The lowest BCUT2D eigenvalue weighted by atomic mass is 10.1. The molecule has 0 aliphatic carbocycles. The molecule has 0 heterocycles. The molecular formula is C12H15Cl2NO2. The van der Waals surface area contributed by atoms with E-state index < -0.39 is 0 Å². The summed E-state index contributed by atoms with van der Waals surface area (Å²) in [4.78, 5) is 11.9. The van der Waals surface area contributed by atoms with Crippen LogP contribution in [-0.4, -0.2) is 23.7 Å². The zero-order chi connectivity index (χ0) is 12.8. The molecule has 1 unspecified atom stereocenters. The summed E-state index contributed by atoms with van der Waals surface area (Å²) in [5.41, 5.74) is 0.430. The Labute approximate surface area is 111 Å². The van der Waals surface area contributed by atoms with E-state index in [2.05, 4.69) is 5.32 Å². The second kappa shape index (κ2) is 6.84. The predicted molar refractivity (Wildman–Crippen MR) is 69.7 cm³/mol. The maximum absolute atomic E-state index is 11.9. The van der Waals surface area contributed by atoms with E-state index in [0.29, 0.717) is 22.0 Å². The molecule has 0 fully saturated rings. The molecule has 0 spiro atoms. The minimum Gasteiger partial charge on any atom is -0.396 e. The number of hydrogen-bond donors (Lipinski definition) is 2. The molecule has 1 atom stereocenters. The Morgan fingerprint density at radius 3 is 2.41 bits per heavy atom. The minimum atomic E-state index is -0.227. The highest BCUT2D eigenvalue weighted by atomic mass is 35.5. The van der Waals surface area contributed by atoms with Crippen molar-refractivity contribution in [3.8, 4) is 0 Å². The molecule has 1 amide bonds. The van der Waals surface area contributed by atoms with E-state index in [1.807, 2.05) is 6.92 Å². The van der Waals surface area contributed by atoms with Crippen molar-refractivity contribution in [2.24, 2.45) is 0 Å². The van der Waals surface area contributed by atoms with E-state index in [1.165, 1.54) is 0 Å². The summed E-state index contributed by atoms with van der Waals surface area (Å²) < 4.78 is 0. The van der Waals surface area contributed by atoms with Gasteiger partial charge in [-0.3, -0.25) is 4.79 Å². The standard InChI is InChI=1S/C12H15Cl2NO2/c1-2-11(3-4-16)15-12(17)8-5-9(13)7-10(14)6-8/h5-7,11,16H,2-4H2,1H3,(H,15,17). The van der Waals surface area contributed by atoms with Crippen molar-refractivity contribution in [2.45, 2.75) is 25.8 Å². The molecule has 1 rings (SSSR count). The smallest absolute Gasteiger partial charge is 0.251 e. The minimum absolute atomic E-state index is 0.0368. The highest BCUT2D eigenvalue weighted by Gasteiger charge is 2.12. The van der Waals surface area contributed by atoms with Gasteiger partial charge in [0, 0.05) is 28.3 Å². The first-order chi connectivity index (χ1) is 8.06. The maximum atomic E-state index is 11.9. The van der Waals surface area contributed by atoms with Gasteiger partial charge in [0.1, 0.15) is 0 Å². The molecule has 0 saturated heterocycles. The molecule has 1 aromatic rings. The third-order valence-electron chi connectivity index (χ3n) is 2.43. The van der Waals surface area contributed by atoms with Crippen molar-refractivity contribution in [3.05, 3.63) is 33.8 Å². The van der Waals surface area contributed by atoms with Gasteiger partial charge in [0.2, 0.25) is 0 Å². The SMILES string of the molecule is CCC(CCO)NC(=O)c1cc(Cl)cc(Cl)c1. The zero-order valence-corrected chi connectivity index (χ0v) is 11.1. The van der Waals surface area contributed by atoms with Crippen LogP contribution in [0.1, 0.15) is 30.1 Å². The Balaban J connectivity index is 2.75. The van der Waals surface area contributed by atoms with Gasteiger partial charge in [-0.15, -0.1) is 0 Å². The van der Waals surface area contributed by atoms with Gasteiger partial charge in [-0.05, 0) is 31.0 Å². The molecular weight excluding hydrogens is 261 g/mol. The van der Waals surface area contributed by atoms with E-state index in [4.69, 9.17) is 28.3 Å². The molecule has 5 heteroatoms. The molecule has 0 aliphatic rings. The van der Waals surface area contributed by atoms with E-state index in [0.717, 1.165) is 6.42 Å². The van der Waals surface area contributed by atoms with Gasteiger partial charge >= 0.3 is 0 Å². The van der Waals surface area contributed by atoms with Crippen LogP contribution in [0.3, 0.4) is 0 Å². The van der Waals surface area contributed by atoms with Crippen LogP contribution in [0.4, 0.5) is 0 Å². The third kappa shape index (κ3) is 4.54. The molecule has 0 aliphatic heterocycles. The van der Waals surface area contributed by atoms with Crippen molar-refractivity contribution < 1.29 is 9.90 Å². The second-order valence-corrected chi connectivity index (χ2v) is 4.62. The monoisotopic (exact) mass is 275 g/mol. The fourth-order valence-corrected chi connectivity index (χ4v) is 2.01. The summed E-state index contributed by atoms with van der Waals surface area (Å²) >= 11 is 11.6. The molecule has 0 radical (unpaired) electrons. The van der Waals surface area contributed by atoms with Gasteiger partial charge in [-0.2, -0.15) is 0 Å². The number of carbonyl (C=O) groups is 1. The molecule has 3 nitrogen and oxygen atoms in total. The number of rotatable bonds is 5. The molecule has 0 saturated carbocycles. The number of halogens is 2. The molecule has 17 heavy (non-hydrogen) atoms. The summed E-state index contributed by atoms with van der Waals surface area (Å²) in [6.45, 7) is 2.00. The Hall–Kier alpha value is -0.770. The summed E-state index contributed by atoms with van der Waals surface area (Å²) in [7, 11) is 0. The summed E-state index contributed by atoms with van der Waals surface area (Å²) in [6.07, 6.45) is 1.30. The lowest BCUT2D eigenvalue weighted by Gasteiger charge is -2.15. The van der Waals surface area contributed by atoms with E-state index in [-0.39, 0.29) is 18.6 Å².